The molecule has 662 valence electrons. The highest BCUT2D eigenvalue weighted by Gasteiger charge is 2.34. The Morgan fingerprint density at radius 2 is 0.512 bits per heavy atom. The van der Waals surface area contributed by atoms with Crippen molar-refractivity contribution < 1.29 is 92.1 Å². The molecule has 7 heterocycles. The predicted octanol–water partition coefficient (Wildman–Crippen LogP) is 17.9. The van der Waals surface area contributed by atoms with E-state index < -0.39 is 71.4 Å². The average molecular weight is 1740 g/mol. The van der Waals surface area contributed by atoms with Crippen LogP contribution in [0, 0.1) is 34.6 Å². The third kappa shape index (κ3) is 34.3. The van der Waals surface area contributed by atoms with Crippen LogP contribution in [0.5, 0.6) is 23.0 Å². The number of alkyl halides is 12. The summed E-state index contributed by atoms with van der Waals surface area (Å²) < 4.78 is 174. The maximum atomic E-state index is 12.7. The first-order valence-electron chi connectivity index (χ1n) is 39.8. The highest BCUT2D eigenvalue weighted by atomic mass is 19.4. The molecule has 0 bridgehead atoms. The van der Waals surface area contributed by atoms with Crippen molar-refractivity contribution in [1.29, 1.82) is 0 Å². The number of pyridine rings is 7. The third-order valence-electron chi connectivity index (χ3n) is 19.5. The van der Waals surface area contributed by atoms with Crippen LogP contribution in [-0.2, 0) is 77.1 Å². The summed E-state index contributed by atoms with van der Waals surface area (Å²) >= 11 is 0. The zero-order valence-electron chi connectivity index (χ0n) is 69.4. The van der Waals surface area contributed by atoms with Gasteiger partial charge in [-0.1, -0.05) is 60.7 Å². The van der Waals surface area contributed by atoms with E-state index in [1.165, 1.54) is 48.5 Å². The van der Waals surface area contributed by atoms with E-state index in [1.54, 1.807) is 62.0 Å². The molecule has 0 saturated carbocycles. The summed E-state index contributed by atoms with van der Waals surface area (Å²) in [6.07, 6.45) is -1.65. The molecule has 0 spiro atoms. The average Bonchev–Trinajstić information content (AvgIpc) is 0.872. The van der Waals surface area contributed by atoms with Gasteiger partial charge in [-0.3, -0.25) is 54.5 Å². The van der Waals surface area contributed by atoms with Gasteiger partial charge in [0.15, 0.2) is 0 Å². The lowest BCUT2D eigenvalue weighted by molar-refractivity contribution is -0.138. The maximum Gasteiger partial charge on any atom is 0.416 e. The van der Waals surface area contributed by atoms with Gasteiger partial charge in [0.05, 0.1) is 22.3 Å². The second-order valence-electron chi connectivity index (χ2n) is 29.7. The Balaban J connectivity index is 0.000000189. The molecule has 7 aromatic heterocycles. The Kier molecular flexibility index (Phi) is 37.2. The molecule has 0 amide bonds. The van der Waals surface area contributed by atoms with Crippen LogP contribution < -0.4 is 18.9 Å². The molecule has 31 heteroatoms. The van der Waals surface area contributed by atoms with Crippen LogP contribution in [0.4, 0.5) is 52.7 Å². The number of aliphatic hydroxyl groups is 4. The van der Waals surface area contributed by atoms with E-state index in [4.69, 9.17) is 18.9 Å². The first kappa shape index (κ1) is 97.0. The molecule has 0 saturated heterocycles. The Morgan fingerprint density at radius 3 is 0.768 bits per heavy atom. The summed E-state index contributed by atoms with van der Waals surface area (Å²) in [4.78, 5) is 37.9. The van der Waals surface area contributed by atoms with Crippen molar-refractivity contribution in [2.24, 2.45) is 0 Å². The van der Waals surface area contributed by atoms with Gasteiger partial charge in [0.2, 0.25) is 0 Å². The van der Waals surface area contributed by atoms with E-state index in [9.17, 15) is 73.1 Å². The summed E-state index contributed by atoms with van der Waals surface area (Å²) in [6.45, 7) is 15.6. The molecule has 0 fully saturated rings. The number of hydrogen-bond donors (Lipinski definition) is 4. The number of hydrogen-bond acceptors (Lipinski definition) is 19. The van der Waals surface area contributed by atoms with Gasteiger partial charge < -0.3 is 39.4 Å². The second kappa shape index (κ2) is 47.9. The molecule has 12 aromatic rings. The molecule has 0 radical (unpaired) electrons. The number of aromatic nitrogens is 7. The molecule has 4 unspecified atom stereocenters. The van der Waals surface area contributed by atoms with Gasteiger partial charge in [-0.2, -0.15) is 52.7 Å². The van der Waals surface area contributed by atoms with Crippen LogP contribution in [0.1, 0.15) is 95.0 Å². The first-order chi connectivity index (χ1) is 59.6. The molecule has 4 atom stereocenters. The van der Waals surface area contributed by atoms with Crippen LogP contribution in [-0.4, -0.2) is 152 Å². The zero-order valence-corrected chi connectivity index (χ0v) is 69.4. The Hall–Kier alpha value is -11.8. The monoisotopic (exact) mass is 1740 g/mol. The summed E-state index contributed by atoms with van der Waals surface area (Å²) in [7, 11) is 0. The van der Waals surface area contributed by atoms with Crippen molar-refractivity contribution in [2.45, 2.75) is 136 Å². The minimum atomic E-state index is -4.40. The van der Waals surface area contributed by atoms with E-state index >= 15 is 0 Å². The topological polar surface area (TPSA) is 221 Å². The number of ether oxygens (including phenoxy) is 4. The predicted molar refractivity (Wildman–Crippen MR) is 448 cm³/mol. The summed E-state index contributed by atoms with van der Waals surface area (Å²) in [5, 5.41) is 42.1. The van der Waals surface area contributed by atoms with E-state index in [0.29, 0.717) is 78.5 Å². The Labute approximate surface area is 718 Å². The van der Waals surface area contributed by atoms with Crippen molar-refractivity contribution in [1.82, 2.24) is 54.5 Å². The van der Waals surface area contributed by atoms with Crippen molar-refractivity contribution in [3.8, 4) is 23.0 Å². The summed E-state index contributed by atoms with van der Waals surface area (Å²) in [5.74, 6) is 1.10. The molecule has 19 nitrogen and oxygen atoms in total. The highest BCUT2D eigenvalue weighted by molar-refractivity contribution is 5.33. The van der Waals surface area contributed by atoms with Gasteiger partial charge >= 0.3 is 24.7 Å². The fourth-order valence-electron chi connectivity index (χ4n) is 12.8. The SMILES string of the molecule is Cc1ccncc1CN(Cc1ccccc1)CC(O)COc1ccc(C(F)(F)F)cc1.Cc1ccncc1CN(Cc1cccnc1)CC(O)COc1ccc(C(F)(F)F)cc1.Cc1ncccc1CN(Cc1cccnc1)CC(O)COc1ccc(C(F)(F)F)cc1.Cc1ncccc1CN(Cc1cccnc1C)CC(O)COc1ccc(C(F)(F)F)cc1. The molecule has 12 rings (SSSR count). The summed E-state index contributed by atoms with van der Waals surface area (Å²) in [5.41, 5.74) is 10.3. The number of rotatable bonds is 36. The summed E-state index contributed by atoms with van der Waals surface area (Å²) in [6, 6.07) is 50.8. The first-order valence-corrected chi connectivity index (χ1v) is 39.8. The number of halogens is 12. The van der Waals surface area contributed by atoms with Crippen LogP contribution >= 0.6 is 0 Å². The van der Waals surface area contributed by atoms with Crippen LogP contribution in [0.3, 0.4) is 0 Å². The molecular formula is C94H99F12N11O8. The van der Waals surface area contributed by atoms with Crippen molar-refractivity contribution >= 4 is 0 Å². The normalized spacial score (nSPS) is 12.7. The van der Waals surface area contributed by atoms with E-state index in [1.807, 2.05) is 144 Å². The van der Waals surface area contributed by atoms with E-state index in [-0.39, 0.29) is 49.4 Å². The van der Waals surface area contributed by atoms with Crippen molar-refractivity contribution in [2.75, 3.05) is 52.6 Å². The van der Waals surface area contributed by atoms with Gasteiger partial charge in [-0.25, -0.2) is 0 Å². The second-order valence-corrected chi connectivity index (χ2v) is 29.7. The van der Waals surface area contributed by atoms with Gasteiger partial charge in [-0.15, -0.1) is 0 Å². The molecule has 0 aliphatic rings. The quantitative estimate of drug-likeness (QED) is 0.0268. The number of nitrogens with zero attached hydrogens (tertiary/aromatic N) is 11. The smallest absolute Gasteiger partial charge is 0.416 e. The molecule has 4 N–H and O–H groups in total. The van der Waals surface area contributed by atoms with Crippen LogP contribution in [0.15, 0.2) is 268 Å². The Morgan fingerprint density at radius 1 is 0.264 bits per heavy atom. The van der Waals surface area contributed by atoms with Gasteiger partial charge in [0.25, 0.3) is 0 Å². The number of benzene rings is 5. The largest absolute Gasteiger partial charge is 0.491 e. The van der Waals surface area contributed by atoms with Crippen LogP contribution in [0.2, 0.25) is 0 Å². The standard InChI is InChI=1S/C24H26F3N3O2.C24H25F3N2O2.2C23H24F3N3O2/c1-17-19(5-3-11-28-17)13-30(14-20-6-4-12-29-18(20)2)15-22(31)16-32-23-9-7-21(8-10-23)24(25,26)27;1-18-11-12-28-13-20(18)15-29(14-19-5-3-2-4-6-19)16-22(30)17-31-23-9-7-21(8-10-23)24(25,26)27;1-17-19(5-3-11-28-17)14-29(13-18-4-2-10-27-12-18)15-21(30)16-31-22-8-6-20(7-9-22)23(24,25)26;1-17-8-10-28-12-19(17)14-29(13-18-3-2-9-27-11-18)15-21(30)16-31-22-6-4-20(5-7-22)23(24,25)26/h3-12,22,31H,13-16H2,1-2H3;2-13,22,30H,14-17H2,1H3;2*2-12,21,30H,13-16H2,1H3. The highest BCUT2D eigenvalue weighted by Crippen LogP contribution is 2.35. The fourth-order valence-corrected chi connectivity index (χ4v) is 12.8. The van der Waals surface area contributed by atoms with Gasteiger partial charge in [-0.05, 0) is 230 Å². The zero-order chi connectivity index (χ0) is 89.9. The lowest BCUT2D eigenvalue weighted by Crippen LogP contribution is -2.35. The fraction of sp³-hybridized carbons (Fsp3) is 0.309. The third-order valence-corrected chi connectivity index (χ3v) is 19.5. The van der Waals surface area contributed by atoms with E-state index in [0.717, 1.165) is 121 Å². The molecule has 125 heavy (non-hydrogen) atoms. The lowest BCUT2D eigenvalue weighted by Gasteiger charge is -2.26. The minimum Gasteiger partial charge on any atom is -0.491 e. The minimum absolute atomic E-state index is 0.0251. The van der Waals surface area contributed by atoms with E-state index in [2.05, 4.69) is 54.5 Å². The maximum absolute atomic E-state index is 12.7. The van der Waals surface area contributed by atoms with Crippen molar-refractivity contribution in [3.63, 3.8) is 0 Å². The van der Waals surface area contributed by atoms with Crippen molar-refractivity contribution in [3.05, 3.63) is 363 Å². The number of aliphatic hydroxyl groups excluding tert-OH is 4. The number of aryl methyl sites for hydroxylation is 5. The van der Waals surface area contributed by atoms with Gasteiger partial charge in [0.1, 0.15) is 73.8 Å². The van der Waals surface area contributed by atoms with Crippen LogP contribution in [0.25, 0.3) is 0 Å². The van der Waals surface area contributed by atoms with Gasteiger partial charge in [0, 0.05) is 164 Å². The Bertz CT molecular complexity index is 4710. The molecular weight excluding hydrogens is 1640 g/mol. The molecule has 0 aliphatic heterocycles. The molecule has 5 aromatic carbocycles. The molecule has 0 aliphatic carbocycles. The lowest BCUT2D eigenvalue weighted by atomic mass is 10.1.